The van der Waals surface area contributed by atoms with E-state index < -0.39 is 5.97 Å². The molecule has 0 spiro atoms. The molecule has 0 bridgehead atoms. The third-order valence-electron chi connectivity index (χ3n) is 3.77. The number of aryl methyl sites for hydroxylation is 2. The molecule has 0 aromatic carbocycles. The van der Waals surface area contributed by atoms with Crippen molar-refractivity contribution in [1.29, 1.82) is 0 Å². The highest BCUT2D eigenvalue weighted by Gasteiger charge is 2.30. The van der Waals surface area contributed by atoms with Gasteiger partial charge in [-0.05, 0) is 33.1 Å². The van der Waals surface area contributed by atoms with E-state index in [0.29, 0.717) is 19.3 Å². The van der Waals surface area contributed by atoms with Crippen LogP contribution >= 0.6 is 0 Å². The van der Waals surface area contributed by atoms with Crippen molar-refractivity contribution in [3.05, 3.63) is 17.0 Å². The van der Waals surface area contributed by atoms with Crippen molar-refractivity contribution >= 4 is 11.9 Å². The van der Waals surface area contributed by atoms with Gasteiger partial charge in [0.15, 0.2) is 0 Å². The average Bonchev–Trinajstić information content (AvgIpc) is 2.91. The summed E-state index contributed by atoms with van der Waals surface area (Å²) in [5.41, 5.74) is 2.66. The van der Waals surface area contributed by atoms with E-state index in [9.17, 15) is 9.59 Å². The van der Waals surface area contributed by atoms with Crippen LogP contribution in [0.1, 0.15) is 36.2 Å². The first-order chi connectivity index (χ1) is 8.97. The van der Waals surface area contributed by atoms with E-state index in [1.807, 2.05) is 13.8 Å². The van der Waals surface area contributed by atoms with Crippen LogP contribution in [-0.2, 0) is 16.0 Å². The molecule has 1 aromatic heterocycles. The van der Waals surface area contributed by atoms with Crippen molar-refractivity contribution in [3.63, 3.8) is 0 Å². The maximum absolute atomic E-state index is 11.9. The molecule has 0 saturated heterocycles. The number of nitrogens with zero attached hydrogens (tertiary/aromatic N) is 1. The second-order valence-electron chi connectivity index (χ2n) is 5.20. The minimum absolute atomic E-state index is 0.0129. The van der Waals surface area contributed by atoms with E-state index in [2.05, 4.69) is 15.5 Å². The Morgan fingerprint density at radius 3 is 2.68 bits per heavy atom. The lowest BCUT2D eigenvalue weighted by molar-refractivity contribution is -0.141. The van der Waals surface area contributed by atoms with E-state index in [-0.39, 0.29) is 17.9 Å². The van der Waals surface area contributed by atoms with Gasteiger partial charge in [-0.25, -0.2) is 0 Å². The second kappa shape index (κ2) is 5.42. The molecular weight excluding hydrogens is 246 g/mol. The van der Waals surface area contributed by atoms with Gasteiger partial charge in [-0.3, -0.25) is 14.7 Å². The largest absolute Gasteiger partial charge is 0.481 e. The van der Waals surface area contributed by atoms with E-state index in [1.54, 1.807) is 0 Å². The number of carboxylic acid groups (broad SMARTS) is 1. The van der Waals surface area contributed by atoms with Crippen molar-refractivity contribution < 1.29 is 14.7 Å². The molecule has 19 heavy (non-hydrogen) atoms. The molecule has 2 unspecified atom stereocenters. The summed E-state index contributed by atoms with van der Waals surface area (Å²) in [5.74, 6) is -1.15. The lowest BCUT2D eigenvalue weighted by Gasteiger charge is -2.12. The van der Waals surface area contributed by atoms with Crippen LogP contribution in [0.3, 0.4) is 0 Å². The molecule has 1 aromatic rings. The maximum Gasteiger partial charge on any atom is 0.306 e. The highest BCUT2D eigenvalue weighted by atomic mass is 16.4. The minimum Gasteiger partial charge on any atom is -0.481 e. The Labute approximate surface area is 111 Å². The number of H-pyrrole nitrogens is 1. The molecule has 104 valence electrons. The molecule has 1 fully saturated rings. The van der Waals surface area contributed by atoms with E-state index in [1.165, 1.54) is 0 Å². The molecule has 1 saturated carbocycles. The number of carboxylic acids is 1. The number of carbonyl (C=O) groups excluding carboxylic acids is 1. The number of nitrogens with one attached hydrogen (secondary N) is 2. The van der Waals surface area contributed by atoms with Gasteiger partial charge in [0, 0.05) is 17.3 Å². The third kappa shape index (κ3) is 3.13. The van der Waals surface area contributed by atoms with Crippen LogP contribution < -0.4 is 5.32 Å². The summed E-state index contributed by atoms with van der Waals surface area (Å²) >= 11 is 0. The van der Waals surface area contributed by atoms with Gasteiger partial charge in [-0.2, -0.15) is 5.10 Å². The van der Waals surface area contributed by atoms with Crippen LogP contribution in [0.5, 0.6) is 0 Å². The zero-order valence-electron chi connectivity index (χ0n) is 11.2. The Bertz CT molecular complexity index is 476. The fraction of sp³-hybridized carbons (Fsp3) is 0.615. The fourth-order valence-electron chi connectivity index (χ4n) is 2.61. The first-order valence-electron chi connectivity index (χ1n) is 6.50. The average molecular weight is 265 g/mol. The van der Waals surface area contributed by atoms with Crippen LogP contribution in [-0.4, -0.2) is 33.2 Å². The van der Waals surface area contributed by atoms with Gasteiger partial charge in [0.2, 0.25) is 5.91 Å². The zero-order chi connectivity index (χ0) is 14.0. The predicted molar refractivity (Wildman–Crippen MR) is 68.7 cm³/mol. The molecule has 0 radical (unpaired) electrons. The number of hydrogen-bond donors (Lipinski definition) is 3. The summed E-state index contributed by atoms with van der Waals surface area (Å²) < 4.78 is 0. The van der Waals surface area contributed by atoms with E-state index in [0.717, 1.165) is 23.4 Å². The summed E-state index contributed by atoms with van der Waals surface area (Å²) in [5, 5.41) is 18.7. The molecule has 0 aliphatic heterocycles. The molecule has 6 nitrogen and oxygen atoms in total. The van der Waals surface area contributed by atoms with E-state index >= 15 is 0 Å². The highest BCUT2D eigenvalue weighted by molar-refractivity contribution is 5.79. The molecular formula is C13H19N3O3. The lowest BCUT2D eigenvalue weighted by atomic mass is 10.1. The van der Waals surface area contributed by atoms with Gasteiger partial charge in [0.1, 0.15) is 0 Å². The molecule has 3 N–H and O–H groups in total. The lowest BCUT2D eigenvalue weighted by Crippen LogP contribution is -2.34. The number of aromatic amines is 1. The van der Waals surface area contributed by atoms with Crippen LogP contribution in [0.2, 0.25) is 0 Å². The Kier molecular flexibility index (Phi) is 3.87. The summed E-state index contributed by atoms with van der Waals surface area (Å²) in [4.78, 5) is 22.8. The van der Waals surface area contributed by atoms with Crippen molar-refractivity contribution in [1.82, 2.24) is 15.5 Å². The molecule has 1 amide bonds. The molecule has 2 atom stereocenters. The monoisotopic (exact) mass is 265 g/mol. The minimum atomic E-state index is -0.765. The van der Waals surface area contributed by atoms with Gasteiger partial charge in [-0.15, -0.1) is 0 Å². The van der Waals surface area contributed by atoms with Crippen molar-refractivity contribution in [2.75, 3.05) is 0 Å². The Morgan fingerprint density at radius 2 is 2.16 bits per heavy atom. The van der Waals surface area contributed by atoms with Crippen LogP contribution in [0.15, 0.2) is 0 Å². The third-order valence-corrected chi connectivity index (χ3v) is 3.77. The number of aliphatic carboxylic acids is 1. The molecule has 1 aliphatic carbocycles. The molecule has 2 rings (SSSR count). The van der Waals surface area contributed by atoms with Gasteiger partial charge in [0.05, 0.1) is 18.0 Å². The van der Waals surface area contributed by atoms with Gasteiger partial charge in [-0.1, -0.05) is 0 Å². The number of hydrogen-bond acceptors (Lipinski definition) is 3. The zero-order valence-corrected chi connectivity index (χ0v) is 11.2. The Morgan fingerprint density at radius 1 is 1.42 bits per heavy atom. The molecule has 1 aliphatic rings. The van der Waals surface area contributed by atoms with E-state index in [4.69, 9.17) is 5.11 Å². The van der Waals surface area contributed by atoms with Gasteiger partial charge < -0.3 is 10.4 Å². The number of carbonyl (C=O) groups is 2. The van der Waals surface area contributed by atoms with Crippen molar-refractivity contribution in [3.8, 4) is 0 Å². The summed E-state index contributed by atoms with van der Waals surface area (Å²) in [6.07, 6.45) is 2.21. The summed E-state index contributed by atoms with van der Waals surface area (Å²) in [7, 11) is 0. The standard InChI is InChI=1S/C13H19N3O3/c1-7-11(8(2)16-15-7)6-12(17)14-10-4-3-9(5-10)13(18)19/h9-10H,3-6H2,1-2H3,(H,14,17)(H,15,16)(H,18,19). The highest BCUT2D eigenvalue weighted by Crippen LogP contribution is 2.25. The molecule has 1 heterocycles. The smallest absolute Gasteiger partial charge is 0.306 e. The first-order valence-corrected chi connectivity index (χ1v) is 6.50. The molecule has 6 heteroatoms. The summed E-state index contributed by atoms with van der Waals surface area (Å²) in [6, 6.07) is -0.0129. The van der Waals surface area contributed by atoms with Crippen molar-refractivity contribution in [2.24, 2.45) is 5.92 Å². The second-order valence-corrected chi connectivity index (χ2v) is 5.20. The SMILES string of the molecule is Cc1n[nH]c(C)c1CC(=O)NC1CCC(C(=O)O)C1. The fourth-order valence-corrected chi connectivity index (χ4v) is 2.61. The van der Waals surface area contributed by atoms with Crippen molar-refractivity contribution in [2.45, 2.75) is 45.6 Å². The Balaban J connectivity index is 1.87. The number of rotatable bonds is 4. The quantitative estimate of drug-likeness (QED) is 0.755. The first kappa shape index (κ1) is 13.6. The van der Waals surface area contributed by atoms with Gasteiger partial charge in [0.25, 0.3) is 0 Å². The maximum atomic E-state index is 11.9. The summed E-state index contributed by atoms with van der Waals surface area (Å²) in [6.45, 7) is 3.75. The Hall–Kier alpha value is -1.85. The number of aromatic nitrogens is 2. The number of amides is 1. The normalized spacial score (nSPS) is 22.4. The topological polar surface area (TPSA) is 95.1 Å². The van der Waals surface area contributed by atoms with Crippen LogP contribution in [0.25, 0.3) is 0 Å². The predicted octanol–water partition coefficient (Wildman–Crippen LogP) is 0.939. The van der Waals surface area contributed by atoms with Gasteiger partial charge >= 0.3 is 5.97 Å². The van der Waals surface area contributed by atoms with Crippen LogP contribution in [0, 0.1) is 19.8 Å². The van der Waals surface area contributed by atoms with Crippen LogP contribution in [0.4, 0.5) is 0 Å².